The molecular formula is C24H32N2O2. The first kappa shape index (κ1) is 20.6. The van der Waals surface area contributed by atoms with E-state index in [4.69, 9.17) is 4.74 Å². The van der Waals surface area contributed by atoms with Crippen LogP contribution in [-0.4, -0.2) is 53.8 Å². The van der Waals surface area contributed by atoms with Crippen molar-refractivity contribution in [3.05, 3.63) is 77.9 Å². The maximum atomic E-state index is 9.58. The number of piperazine rings is 1. The van der Waals surface area contributed by atoms with Gasteiger partial charge in [-0.15, -0.1) is 0 Å². The molecule has 0 amide bonds. The van der Waals surface area contributed by atoms with E-state index in [0.29, 0.717) is 12.6 Å². The molecule has 4 heteroatoms. The van der Waals surface area contributed by atoms with Crippen molar-refractivity contribution in [2.24, 2.45) is 0 Å². The SMILES string of the molecule is C=CCOc1ccccc1CN1CCN(Cc2ccc(C)cc2)C(CCO)C1. The van der Waals surface area contributed by atoms with Crippen LogP contribution in [0.3, 0.4) is 0 Å². The Labute approximate surface area is 169 Å². The lowest BCUT2D eigenvalue weighted by Gasteiger charge is -2.41. The summed E-state index contributed by atoms with van der Waals surface area (Å²) in [6.07, 6.45) is 2.58. The zero-order chi connectivity index (χ0) is 19.8. The normalized spacial score (nSPS) is 18.1. The van der Waals surface area contributed by atoms with Crippen LogP contribution in [0.5, 0.6) is 5.75 Å². The predicted octanol–water partition coefficient (Wildman–Crippen LogP) is 3.63. The highest BCUT2D eigenvalue weighted by molar-refractivity contribution is 5.33. The van der Waals surface area contributed by atoms with E-state index < -0.39 is 0 Å². The molecule has 28 heavy (non-hydrogen) atoms. The summed E-state index contributed by atoms with van der Waals surface area (Å²) in [7, 11) is 0. The molecule has 1 saturated heterocycles. The minimum atomic E-state index is 0.224. The molecule has 0 aliphatic carbocycles. The Morgan fingerprint density at radius 2 is 1.89 bits per heavy atom. The first-order valence-electron chi connectivity index (χ1n) is 10.1. The van der Waals surface area contributed by atoms with Gasteiger partial charge < -0.3 is 9.84 Å². The molecular weight excluding hydrogens is 348 g/mol. The van der Waals surface area contributed by atoms with Gasteiger partial charge in [0.25, 0.3) is 0 Å². The van der Waals surface area contributed by atoms with Gasteiger partial charge in [0, 0.05) is 50.9 Å². The molecule has 1 fully saturated rings. The van der Waals surface area contributed by atoms with Crippen LogP contribution >= 0.6 is 0 Å². The van der Waals surface area contributed by atoms with Crippen molar-refractivity contribution in [3.63, 3.8) is 0 Å². The van der Waals surface area contributed by atoms with Gasteiger partial charge in [0.2, 0.25) is 0 Å². The Kier molecular flexibility index (Phi) is 7.66. The Morgan fingerprint density at radius 3 is 2.64 bits per heavy atom. The number of ether oxygens (including phenoxy) is 1. The van der Waals surface area contributed by atoms with Gasteiger partial charge in [-0.25, -0.2) is 0 Å². The van der Waals surface area contributed by atoms with E-state index in [2.05, 4.69) is 59.7 Å². The average molecular weight is 381 g/mol. The third-order valence-electron chi connectivity index (χ3n) is 5.38. The molecule has 0 bridgehead atoms. The van der Waals surface area contributed by atoms with Crippen molar-refractivity contribution >= 4 is 0 Å². The lowest BCUT2D eigenvalue weighted by molar-refractivity contribution is 0.0496. The summed E-state index contributed by atoms with van der Waals surface area (Å²) in [6, 6.07) is 17.4. The van der Waals surface area contributed by atoms with Crippen LogP contribution in [-0.2, 0) is 13.1 Å². The van der Waals surface area contributed by atoms with Crippen molar-refractivity contribution in [2.75, 3.05) is 32.8 Å². The summed E-state index contributed by atoms with van der Waals surface area (Å²) in [4.78, 5) is 4.99. The van der Waals surface area contributed by atoms with Gasteiger partial charge in [-0.1, -0.05) is 60.7 Å². The fraction of sp³-hybridized carbons (Fsp3) is 0.417. The van der Waals surface area contributed by atoms with Crippen LogP contribution in [0.4, 0.5) is 0 Å². The Hall–Kier alpha value is -2.14. The second-order valence-corrected chi connectivity index (χ2v) is 7.56. The van der Waals surface area contributed by atoms with Gasteiger partial charge in [0.1, 0.15) is 12.4 Å². The van der Waals surface area contributed by atoms with E-state index in [1.165, 1.54) is 16.7 Å². The summed E-state index contributed by atoms with van der Waals surface area (Å²) in [5, 5.41) is 9.58. The van der Waals surface area contributed by atoms with Crippen LogP contribution in [0, 0.1) is 6.92 Å². The zero-order valence-electron chi connectivity index (χ0n) is 16.9. The zero-order valence-corrected chi connectivity index (χ0v) is 16.9. The molecule has 4 nitrogen and oxygen atoms in total. The summed E-state index contributed by atoms with van der Waals surface area (Å²) in [5.74, 6) is 0.934. The highest BCUT2D eigenvalue weighted by Crippen LogP contribution is 2.23. The van der Waals surface area contributed by atoms with Gasteiger partial charge in [0.15, 0.2) is 0 Å². The molecule has 3 rings (SSSR count). The quantitative estimate of drug-likeness (QED) is 0.674. The summed E-state index contributed by atoms with van der Waals surface area (Å²) in [6.45, 7) is 11.4. The van der Waals surface area contributed by atoms with Crippen molar-refractivity contribution in [2.45, 2.75) is 32.5 Å². The summed E-state index contributed by atoms with van der Waals surface area (Å²) >= 11 is 0. The van der Waals surface area contributed by atoms with Crippen LogP contribution in [0.15, 0.2) is 61.2 Å². The number of aliphatic hydroxyl groups excluding tert-OH is 1. The molecule has 1 aliphatic rings. The van der Waals surface area contributed by atoms with Crippen molar-refractivity contribution in [3.8, 4) is 5.75 Å². The maximum Gasteiger partial charge on any atom is 0.124 e. The van der Waals surface area contributed by atoms with Gasteiger partial charge >= 0.3 is 0 Å². The third kappa shape index (κ3) is 5.68. The van der Waals surface area contributed by atoms with E-state index in [-0.39, 0.29) is 6.61 Å². The van der Waals surface area contributed by atoms with Crippen molar-refractivity contribution < 1.29 is 9.84 Å². The van der Waals surface area contributed by atoms with Gasteiger partial charge in [-0.3, -0.25) is 9.80 Å². The molecule has 1 unspecified atom stereocenters. The smallest absolute Gasteiger partial charge is 0.124 e. The molecule has 2 aromatic carbocycles. The number of aliphatic hydroxyl groups is 1. The van der Waals surface area contributed by atoms with Gasteiger partial charge in [-0.05, 0) is 25.0 Å². The molecule has 1 atom stereocenters. The monoisotopic (exact) mass is 380 g/mol. The Morgan fingerprint density at radius 1 is 1.11 bits per heavy atom. The van der Waals surface area contributed by atoms with E-state index in [1.807, 2.05) is 12.1 Å². The molecule has 1 N–H and O–H groups in total. The molecule has 0 saturated carbocycles. The number of hydrogen-bond acceptors (Lipinski definition) is 4. The molecule has 0 radical (unpaired) electrons. The minimum absolute atomic E-state index is 0.224. The standard InChI is InChI=1S/C24H32N2O2/c1-3-16-28-24-7-5-4-6-22(24)18-25-13-14-26(23(19-25)12-15-27)17-21-10-8-20(2)9-11-21/h3-11,23,27H,1,12-19H2,2H3. The second kappa shape index (κ2) is 10.4. The van der Waals surface area contributed by atoms with Gasteiger partial charge in [-0.2, -0.15) is 0 Å². The van der Waals surface area contributed by atoms with Crippen molar-refractivity contribution in [1.82, 2.24) is 9.80 Å². The fourth-order valence-electron chi connectivity index (χ4n) is 3.82. The summed E-state index contributed by atoms with van der Waals surface area (Å²) in [5.41, 5.74) is 3.84. The molecule has 2 aromatic rings. The van der Waals surface area contributed by atoms with E-state index in [9.17, 15) is 5.11 Å². The predicted molar refractivity (Wildman–Crippen MR) is 114 cm³/mol. The van der Waals surface area contributed by atoms with Crippen molar-refractivity contribution in [1.29, 1.82) is 0 Å². The maximum absolute atomic E-state index is 9.58. The van der Waals surface area contributed by atoms with E-state index in [0.717, 1.165) is 44.9 Å². The topological polar surface area (TPSA) is 35.9 Å². The largest absolute Gasteiger partial charge is 0.489 e. The van der Waals surface area contributed by atoms with Gasteiger partial charge in [0.05, 0.1) is 0 Å². The number of rotatable bonds is 9. The number of benzene rings is 2. The van der Waals surface area contributed by atoms with Crippen LogP contribution in [0.2, 0.25) is 0 Å². The molecule has 0 aromatic heterocycles. The first-order valence-corrected chi connectivity index (χ1v) is 10.1. The van der Waals surface area contributed by atoms with Crippen LogP contribution in [0.25, 0.3) is 0 Å². The highest BCUT2D eigenvalue weighted by atomic mass is 16.5. The lowest BCUT2D eigenvalue weighted by atomic mass is 10.1. The summed E-state index contributed by atoms with van der Waals surface area (Å²) < 4.78 is 5.82. The number of hydrogen-bond donors (Lipinski definition) is 1. The molecule has 150 valence electrons. The third-order valence-corrected chi connectivity index (χ3v) is 5.38. The fourth-order valence-corrected chi connectivity index (χ4v) is 3.82. The second-order valence-electron chi connectivity index (χ2n) is 7.56. The molecule has 1 aliphatic heterocycles. The Balaban J connectivity index is 1.63. The molecule has 0 spiro atoms. The lowest BCUT2D eigenvalue weighted by Crippen LogP contribution is -2.52. The first-order chi connectivity index (χ1) is 13.7. The Bertz CT molecular complexity index is 745. The number of aryl methyl sites for hydroxylation is 1. The minimum Gasteiger partial charge on any atom is -0.489 e. The highest BCUT2D eigenvalue weighted by Gasteiger charge is 2.27. The average Bonchev–Trinajstić information content (AvgIpc) is 2.71. The van der Waals surface area contributed by atoms with E-state index >= 15 is 0 Å². The van der Waals surface area contributed by atoms with Crippen LogP contribution in [0.1, 0.15) is 23.1 Å². The number of nitrogens with zero attached hydrogens (tertiary/aromatic N) is 2. The van der Waals surface area contributed by atoms with E-state index in [1.54, 1.807) is 6.08 Å². The number of para-hydroxylation sites is 1. The van der Waals surface area contributed by atoms with Crippen LogP contribution < -0.4 is 4.74 Å². The molecule has 1 heterocycles.